The summed E-state index contributed by atoms with van der Waals surface area (Å²) in [6.07, 6.45) is 8.20. The minimum Gasteiger partial charge on any atom is -0.497 e. The Morgan fingerprint density at radius 2 is 1.71 bits per heavy atom. The number of hydrogen-bond donors (Lipinski definition) is 2. The van der Waals surface area contributed by atoms with E-state index in [-0.39, 0.29) is 5.91 Å². The highest BCUT2D eigenvalue weighted by atomic mass is 16.5. The molecule has 2 aromatic rings. The minimum atomic E-state index is 0.0607. The standard InChI is InChI=1S/C29H42N4O2/c1-23(20-24-8-4-3-5-9-24)30-21-25-10-6-7-11-28(25)31-29(34)22-32-16-18-33(19-17-32)26-12-14-27(35-2)15-13-26/h6-7,10-15,23-24,30H,3-5,8-9,16-22H2,1-2H3,(H,31,34)/t23-/m0/s1. The molecule has 4 rings (SSSR count). The summed E-state index contributed by atoms with van der Waals surface area (Å²) in [7, 11) is 1.69. The van der Waals surface area contributed by atoms with Gasteiger partial charge in [-0.3, -0.25) is 9.69 Å². The van der Waals surface area contributed by atoms with Crippen molar-refractivity contribution < 1.29 is 9.53 Å². The molecule has 0 spiro atoms. The molecule has 35 heavy (non-hydrogen) atoms. The first kappa shape index (κ1) is 25.5. The van der Waals surface area contributed by atoms with Gasteiger partial charge in [0.15, 0.2) is 0 Å². The molecule has 2 aromatic carbocycles. The van der Waals surface area contributed by atoms with Gasteiger partial charge in [-0.1, -0.05) is 50.3 Å². The maximum absolute atomic E-state index is 12.9. The summed E-state index contributed by atoms with van der Waals surface area (Å²) in [4.78, 5) is 17.5. The van der Waals surface area contributed by atoms with Crippen LogP contribution in [0.15, 0.2) is 48.5 Å². The number of para-hydroxylation sites is 1. The Morgan fingerprint density at radius 1 is 1.00 bits per heavy atom. The molecule has 1 heterocycles. The van der Waals surface area contributed by atoms with Crippen LogP contribution in [0.3, 0.4) is 0 Å². The molecule has 2 N–H and O–H groups in total. The van der Waals surface area contributed by atoms with Gasteiger partial charge in [0.1, 0.15) is 5.75 Å². The fraction of sp³-hybridized carbons (Fsp3) is 0.552. The van der Waals surface area contributed by atoms with Crippen LogP contribution in [-0.2, 0) is 11.3 Å². The van der Waals surface area contributed by atoms with Crippen molar-refractivity contribution in [2.24, 2.45) is 5.92 Å². The van der Waals surface area contributed by atoms with Gasteiger partial charge in [-0.05, 0) is 55.2 Å². The molecule has 2 fully saturated rings. The molecular formula is C29H42N4O2. The molecule has 1 amide bonds. The van der Waals surface area contributed by atoms with E-state index in [1.807, 2.05) is 24.3 Å². The van der Waals surface area contributed by atoms with Crippen molar-refractivity contribution in [1.82, 2.24) is 10.2 Å². The van der Waals surface area contributed by atoms with Gasteiger partial charge in [-0.25, -0.2) is 0 Å². The molecule has 0 radical (unpaired) electrons. The average molecular weight is 479 g/mol. The summed E-state index contributed by atoms with van der Waals surface area (Å²) in [5.74, 6) is 1.80. The lowest BCUT2D eigenvalue weighted by Gasteiger charge is -2.35. The summed E-state index contributed by atoms with van der Waals surface area (Å²) in [6, 6.07) is 16.9. The van der Waals surface area contributed by atoms with E-state index in [2.05, 4.69) is 51.6 Å². The summed E-state index contributed by atoms with van der Waals surface area (Å²) >= 11 is 0. The summed E-state index contributed by atoms with van der Waals surface area (Å²) in [5.41, 5.74) is 3.28. The highest BCUT2D eigenvalue weighted by Crippen LogP contribution is 2.27. The number of carbonyl (C=O) groups excluding carboxylic acids is 1. The Morgan fingerprint density at radius 3 is 2.43 bits per heavy atom. The maximum Gasteiger partial charge on any atom is 0.238 e. The molecular weight excluding hydrogens is 436 g/mol. The number of carbonyl (C=O) groups is 1. The van der Waals surface area contributed by atoms with Crippen LogP contribution in [0, 0.1) is 5.92 Å². The molecule has 0 aromatic heterocycles. The van der Waals surface area contributed by atoms with Gasteiger partial charge in [-0.15, -0.1) is 0 Å². The fourth-order valence-corrected chi connectivity index (χ4v) is 5.44. The zero-order valence-corrected chi connectivity index (χ0v) is 21.5. The minimum absolute atomic E-state index is 0.0607. The van der Waals surface area contributed by atoms with E-state index < -0.39 is 0 Å². The summed E-state index contributed by atoms with van der Waals surface area (Å²) < 4.78 is 5.26. The van der Waals surface area contributed by atoms with E-state index in [0.717, 1.165) is 55.6 Å². The molecule has 1 saturated carbocycles. The largest absolute Gasteiger partial charge is 0.497 e. The number of methoxy groups -OCH3 is 1. The van der Waals surface area contributed by atoms with Gasteiger partial charge >= 0.3 is 0 Å². The quantitative estimate of drug-likeness (QED) is 0.508. The van der Waals surface area contributed by atoms with E-state index in [1.54, 1.807) is 7.11 Å². The van der Waals surface area contributed by atoms with Crippen LogP contribution in [0.5, 0.6) is 5.75 Å². The first-order chi connectivity index (χ1) is 17.1. The van der Waals surface area contributed by atoms with Crippen molar-refractivity contribution in [3.05, 3.63) is 54.1 Å². The van der Waals surface area contributed by atoms with Crippen molar-refractivity contribution >= 4 is 17.3 Å². The third-order valence-corrected chi connectivity index (χ3v) is 7.52. The van der Waals surface area contributed by atoms with E-state index in [1.165, 1.54) is 44.2 Å². The average Bonchev–Trinajstić information content (AvgIpc) is 2.89. The highest BCUT2D eigenvalue weighted by Gasteiger charge is 2.20. The van der Waals surface area contributed by atoms with E-state index >= 15 is 0 Å². The Labute approximate surface area is 211 Å². The molecule has 6 nitrogen and oxygen atoms in total. The maximum atomic E-state index is 12.9. The van der Waals surface area contributed by atoms with Crippen LogP contribution in [0.25, 0.3) is 0 Å². The van der Waals surface area contributed by atoms with E-state index in [9.17, 15) is 4.79 Å². The molecule has 190 valence electrons. The number of amides is 1. The molecule has 1 saturated heterocycles. The molecule has 1 atom stereocenters. The van der Waals surface area contributed by atoms with Crippen LogP contribution >= 0.6 is 0 Å². The zero-order valence-electron chi connectivity index (χ0n) is 21.5. The third-order valence-electron chi connectivity index (χ3n) is 7.52. The fourth-order valence-electron chi connectivity index (χ4n) is 5.44. The van der Waals surface area contributed by atoms with Crippen LogP contribution < -0.4 is 20.3 Å². The van der Waals surface area contributed by atoms with Crippen molar-refractivity contribution in [3.8, 4) is 5.75 Å². The second-order valence-corrected chi connectivity index (χ2v) is 10.2. The van der Waals surface area contributed by atoms with Crippen molar-refractivity contribution in [1.29, 1.82) is 0 Å². The number of hydrogen-bond acceptors (Lipinski definition) is 5. The lowest BCUT2D eigenvalue weighted by atomic mass is 9.85. The normalized spacial score (nSPS) is 18.3. The predicted octanol–water partition coefficient (Wildman–Crippen LogP) is 4.90. The van der Waals surface area contributed by atoms with Gasteiger partial charge < -0.3 is 20.3 Å². The van der Waals surface area contributed by atoms with E-state index in [0.29, 0.717) is 12.6 Å². The van der Waals surface area contributed by atoms with Crippen LogP contribution in [-0.4, -0.2) is 56.7 Å². The monoisotopic (exact) mass is 478 g/mol. The molecule has 6 heteroatoms. The number of piperazine rings is 1. The molecule has 0 bridgehead atoms. The number of ether oxygens (including phenoxy) is 1. The summed E-state index contributed by atoms with van der Waals surface area (Å²) in [5, 5.41) is 6.86. The van der Waals surface area contributed by atoms with Gasteiger partial charge in [0.05, 0.1) is 13.7 Å². The lowest BCUT2D eigenvalue weighted by Crippen LogP contribution is -2.48. The zero-order chi connectivity index (χ0) is 24.5. The van der Waals surface area contributed by atoms with Gasteiger partial charge in [-0.2, -0.15) is 0 Å². The number of benzene rings is 2. The Hall–Kier alpha value is -2.57. The van der Waals surface area contributed by atoms with Crippen LogP contribution in [0.2, 0.25) is 0 Å². The second-order valence-electron chi connectivity index (χ2n) is 10.2. The SMILES string of the molecule is COc1ccc(N2CCN(CC(=O)Nc3ccccc3CN[C@@H](C)CC3CCCCC3)CC2)cc1. The van der Waals surface area contributed by atoms with Crippen LogP contribution in [0.4, 0.5) is 11.4 Å². The third kappa shape index (κ3) is 7.71. The second kappa shape index (κ2) is 12.9. The van der Waals surface area contributed by atoms with Crippen molar-refractivity contribution in [3.63, 3.8) is 0 Å². The number of nitrogens with zero attached hydrogens (tertiary/aromatic N) is 2. The highest BCUT2D eigenvalue weighted by molar-refractivity contribution is 5.93. The molecule has 0 unspecified atom stereocenters. The van der Waals surface area contributed by atoms with Gasteiger partial charge in [0, 0.05) is 50.1 Å². The Kier molecular flexibility index (Phi) is 9.43. The topological polar surface area (TPSA) is 56.8 Å². The molecule has 1 aliphatic heterocycles. The summed E-state index contributed by atoms with van der Waals surface area (Å²) in [6.45, 7) is 7.09. The van der Waals surface area contributed by atoms with Gasteiger partial charge in [0.2, 0.25) is 5.91 Å². The van der Waals surface area contributed by atoms with Crippen molar-refractivity contribution in [2.45, 2.75) is 58.0 Å². The first-order valence-corrected chi connectivity index (χ1v) is 13.3. The Bertz CT molecular complexity index is 919. The predicted molar refractivity (Wildman–Crippen MR) is 144 cm³/mol. The lowest BCUT2D eigenvalue weighted by molar-refractivity contribution is -0.117. The van der Waals surface area contributed by atoms with E-state index in [4.69, 9.17) is 4.74 Å². The molecule has 2 aliphatic rings. The number of anilines is 2. The Balaban J connectivity index is 1.22. The number of nitrogens with one attached hydrogen (secondary N) is 2. The van der Waals surface area contributed by atoms with Crippen molar-refractivity contribution in [2.75, 3.05) is 50.1 Å². The smallest absolute Gasteiger partial charge is 0.238 e. The van der Waals surface area contributed by atoms with Gasteiger partial charge in [0.25, 0.3) is 0 Å². The molecule has 1 aliphatic carbocycles. The first-order valence-electron chi connectivity index (χ1n) is 13.3. The number of rotatable bonds is 10. The van der Waals surface area contributed by atoms with Crippen LogP contribution in [0.1, 0.15) is 51.0 Å².